The predicted octanol–water partition coefficient (Wildman–Crippen LogP) is 2.84. The maximum Gasteiger partial charge on any atom is 0.259 e. The molecule has 0 heterocycles. The summed E-state index contributed by atoms with van der Waals surface area (Å²) in [6.07, 6.45) is 0.835. The van der Waals surface area contributed by atoms with E-state index in [1.54, 1.807) is 12.1 Å². The van der Waals surface area contributed by atoms with Crippen LogP contribution in [0.3, 0.4) is 0 Å². The van der Waals surface area contributed by atoms with Crippen LogP contribution < -0.4 is 15.8 Å². The molecule has 110 valence electrons. The van der Waals surface area contributed by atoms with Crippen molar-refractivity contribution in [1.29, 1.82) is 0 Å². The summed E-state index contributed by atoms with van der Waals surface area (Å²) in [7, 11) is 0. The zero-order valence-corrected chi connectivity index (χ0v) is 12.1. The molecule has 2 aromatic rings. The molecule has 0 fully saturated rings. The minimum Gasteiger partial charge on any atom is -0.493 e. The second-order valence-corrected chi connectivity index (χ2v) is 4.62. The van der Waals surface area contributed by atoms with Crippen molar-refractivity contribution in [3.63, 3.8) is 0 Å². The average Bonchev–Trinajstić information content (AvgIpc) is 2.50. The first kappa shape index (κ1) is 15.1. The predicted molar refractivity (Wildman–Crippen MR) is 84.8 cm³/mol. The van der Waals surface area contributed by atoms with E-state index < -0.39 is 0 Å². The van der Waals surface area contributed by atoms with E-state index in [0.717, 1.165) is 17.7 Å². The lowest BCUT2D eigenvalue weighted by molar-refractivity contribution is 0.102. The molecule has 2 rings (SSSR count). The van der Waals surface area contributed by atoms with Gasteiger partial charge in [0.25, 0.3) is 5.91 Å². The first-order chi connectivity index (χ1) is 10.2. The fraction of sp³-hybridized carbons (Fsp3) is 0.235. The summed E-state index contributed by atoms with van der Waals surface area (Å²) in [5.74, 6) is 0.419. The Morgan fingerprint density at radius 3 is 2.52 bits per heavy atom. The van der Waals surface area contributed by atoms with Gasteiger partial charge in [-0.25, -0.2) is 0 Å². The molecule has 0 bridgehead atoms. The van der Waals surface area contributed by atoms with Crippen LogP contribution in [0.5, 0.6) is 5.75 Å². The third kappa shape index (κ3) is 4.07. The summed E-state index contributed by atoms with van der Waals surface area (Å²) < 4.78 is 5.47. The topological polar surface area (TPSA) is 64.3 Å². The number of hydrogen-bond donors (Lipinski definition) is 2. The van der Waals surface area contributed by atoms with Crippen molar-refractivity contribution < 1.29 is 9.53 Å². The van der Waals surface area contributed by atoms with Crippen molar-refractivity contribution in [2.75, 3.05) is 18.5 Å². The van der Waals surface area contributed by atoms with E-state index >= 15 is 0 Å². The second kappa shape index (κ2) is 7.45. The molecule has 0 saturated carbocycles. The number of para-hydroxylation sites is 1. The van der Waals surface area contributed by atoms with Gasteiger partial charge in [-0.1, -0.05) is 24.3 Å². The third-order valence-corrected chi connectivity index (χ3v) is 3.08. The van der Waals surface area contributed by atoms with Crippen molar-refractivity contribution in [2.45, 2.75) is 13.3 Å². The van der Waals surface area contributed by atoms with Crippen molar-refractivity contribution in [3.05, 3.63) is 59.7 Å². The molecule has 4 heteroatoms. The minimum atomic E-state index is -0.175. The highest BCUT2D eigenvalue weighted by molar-refractivity contribution is 6.06. The van der Waals surface area contributed by atoms with E-state index in [1.165, 1.54) is 0 Å². The molecule has 0 aliphatic heterocycles. The zero-order chi connectivity index (χ0) is 15.1. The number of amides is 1. The molecule has 21 heavy (non-hydrogen) atoms. The van der Waals surface area contributed by atoms with Crippen LogP contribution in [0.1, 0.15) is 22.8 Å². The third-order valence-electron chi connectivity index (χ3n) is 3.08. The molecule has 0 unspecified atom stereocenters. The molecule has 2 aromatic carbocycles. The number of anilines is 1. The van der Waals surface area contributed by atoms with Gasteiger partial charge in [-0.3, -0.25) is 4.79 Å². The van der Waals surface area contributed by atoms with Crippen LogP contribution in [-0.2, 0) is 6.42 Å². The maximum absolute atomic E-state index is 12.3. The monoisotopic (exact) mass is 284 g/mol. The van der Waals surface area contributed by atoms with E-state index in [9.17, 15) is 4.79 Å². The Bertz CT molecular complexity index is 594. The van der Waals surface area contributed by atoms with E-state index in [1.807, 2.05) is 43.3 Å². The second-order valence-electron chi connectivity index (χ2n) is 4.62. The van der Waals surface area contributed by atoms with Gasteiger partial charge >= 0.3 is 0 Å². The smallest absolute Gasteiger partial charge is 0.259 e. The number of rotatable bonds is 6. The van der Waals surface area contributed by atoms with Crippen LogP contribution in [0, 0.1) is 0 Å². The van der Waals surface area contributed by atoms with Gasteiger partial charge in [0.1, 0.15) is 5.75 Å². The van der Waals surface area contributed by atoms with Crippen molar-refractivity contribution >= 4 is 11.6 Å². The largest absolute Gasteiger partial charge is 0.493 e. The summed E-state index contributed by atoms with van der Waals surface area (Å²) >= 11 is 0. The summed E-state index contributed by atoms with van der Waals surface area (Å²) in [4.78, 5) is 12.3. The minimum absolute atomic E-state index is 0.175. The number of hydrogen-bond acceptors (Lipinski definition) is 3. The molecule has 0 aliphatic rings. The summed E-state index contributed by atoms with van der Waals surface area (Å²) in [5.41, 5.74) is 7.96. The number of ether oxygens (including phenoxy) is 1. The molecule has 4 nitrogen and oxygen atoms in total. The van der Waals surface area contributed by atoms with E-state index in [2.05, 4.69) is 5.32 Å². The lowest BCUT2D eigenvalue weighted by Gasteiger charge is -2.10. The van der Waals surface area contributed by atoms with E-state index in [4.69, 9.17) is 10.5 Å². The first-order valence-electron chi connectivity index (χ1n) is 7.06. The van der Waals surface area contributed by atoms with Crippen LogP contribution in [0.4, 0.5) is 5.69 Å². The summed E-state index contributed by atoms with van der Waals surface area (Å²) in [5, 5.41) is 2.88. The molecule has 1 amide bonds. The van der Waals surface area contributed by atoms with Gasteiger partial charge in [0.15, 0.2) is 0 Å². The number of nitrogens with one attached hydrogen (secondary N) is 1. The summed E-state index contributed by atoms with van der Waals surface area (Å²) in [6, 6.07) is 14.9. The van der Waals surface area contributed by atoms with Gasteiger partial charge in [-0.15, -0.1) is 0 Å². The standard InChI is InChI=1S/C17H20N2O2/c1-2-21-16-6-4-3-5-15(16)17(20)19-14-9-7-13(8-10-14)11-12-18/h3-10H,2,11-12,18H2,1H3,(H,19,20). The highest BCUT2D eigenvalue weighted by atomic mass is 16.5. The van der Waals surface area contributed by atoms with Gasteiger partial charge in [0.05, 0.1) is 12.2 Å². The van der Waals surface area contributed by atoms with Crippen LogP contribution in [0.15, 0.2) is 48.5 Å². The van der Waals surface area contributed by atoms with Crippen molar-refractivity contribution in [1.82, 2.24) is 0 Å². The van der Waals surface area contributed by atoms with Crippen LogP contribution in [0.2, 0.25) is 0 Å². The van der Waals surface area contributed by atoms with Crippen LogP contribution in [0.25, 0.3) is 0 Å². The number of benzene rings is 2. The maximum atomic E-state index is 12.3. The van der Waals surface area contributed by atoms with Gasteiger partial charge in [-0.05, 0) is 49.7 Å². The number of nitrogens with two attached hydrogens (primary N) is 1. The Hall–Kier alpha value is -2.33. The van der Waals surface area contributed by atoms with E-state index in [-0.39, 0.29) is 5.91 Å². The number of carbonyl (C=O) groups excluding carboxylic acids is 1. The molecule has 0 aliphatic carbocycles. The Morgan fingerprint density at radius 1 is 1.14 bits per heavy atom. The van der Waals surface area contributed by atoms with Gasteiger partial charge in [-0.2, -0.15) is 0 Å². The molecular weight excluding hydrogens is 264 g/mol. The SMILES string of the molecule is CCOc1ccccc1C(=O)Nc1ccc(CCN)cc1. The zero-order valence-electron chi connectivity index (χ0n) is 12.1. The van der Waals surface area contributed by atoms with Gasteiger partial charge in [0, 0.05) is 5.69 Å². The number of carbonyl (C=O) groups is 1. The Balaban J connectivity index is 2.10. The average molecular weight is 284 g/mol. The fourth-order valence-electron chi connectivity index (χ4n) is 2.06. The molecular formula is C17H20N2O2. The molecule has 0 radical (unpaired) electrons. The quantitative estimate of drug-likeness (QED) is 0.857. The van der Waals surface area contributed by atoms with Crippen LogP contribution in [-0.4, -0.2) is 19.1 Å². The summed E-state index contributed by atoms with van der Waals surface area (Å²) in [6.45, 7) is 3.04. The highest BCUT2D eigenvalue weighted by Gasteiger charge is 2.11. The fourth-order valence-corrected chi connectivity index (χ4v) is 2.06. The van der Waals surface area contributed by atoms with Crippen molar-refractivity contribution in [2.24, 2.45) is 5.73 Å². The Kier molecular flexibility index (Phi) is 5.35. The van der Waals surface area contributed by atoms with E-state index in [0.29, 0.717) is 24.5 Å². The van der Waals surface area contributed by atoms with Crippen molar-refractivity contribution in [3.8, 4) is 5.75 Å². The van der Waals surface area contributed by atoms with Gasteiger partial charge < -0.3 is 15.8 Å². The molecule has 0 aromatic heterocycles. The normalized spacial score (nSPS) is 10.2. The Labute approximate surface area is 124 Å². The molecule has 0 atom stereocenters. The Morgan fingerprint density at radius 2 is 1.86 bits per heavy atom. The highest BCUT2D eigenvalue weighted by Crippen LogP contribution is 2.20. The lowest BCUT2D eigenvalue weighted by atomic mass is 10.1. The lowest BCUT2D eigenvalue weighted by Crippen LogP contribution is -2.13. The van der Waals surface area contributed by atoms with Crippen LogP contribution >= 0.6 is 0 Å². The van der Waals surface area contributed by atoms with Gasteiger partial charge in [0.2, 0.25) is 0 Å². The molecule has 3 N–H and O–H groups in total. The molecule has 0 spiro atoms. The molecule has 0 saturated heterocycles. The first-order valence-corrected chi connectivity index (χ1v) is 7.06.